The normalized spacial score (nSPS) is 16.3. The van der Waals surface area contributed by atoms with Gasteiger partial charge in [-0.1, -0.05) is 61.0 Å². The maximum absolute atomic E-state index is 12.9. The smallest absolute Gasteiger partial charge is 0.331 e. The Bertz CT molecular complexity index is 1230. The van der Waals surface area contributed by atoms with E-state index in [4.69, 9.17) is 0 Å². The van der Waals surface area contributed by atoms with Crippen molar-refractivity contribution < 1.29 is 4.79 Å². The average Bonchev–Trinajstić information content (AvgIpc) is 2.85. The molecule has 0 bridgehead atoms. The molecule has 7 nitrogen and oxygen atoms in total. The SMILES string of the molecule is CC1CCCCN1Cc1ccccc1CNC(=O)Cn1c(=O)ccn(Cc2ccccc2)c1=O. The van der Waals surface area contributed by atoms with Crippen LogP contribution in [-0.4, -0.2) is 32.5 Å². The summed E-state index contributed by atoms with van der Waals surface area (Å²) < 4.78 is 2.43. The number of rotatable bonds is 8. The van der Waals surface area contributed by atoms with Crippen molar-refractivity contribution in [2.75, 3.05) is 6.54 Å². The fraction of sp³-hybridized carbons (Fsp3) is 0.370. The third-order valence-electron chi connectivity index (χ3n) is 6.55. The number of hydrogen-bond acceptors (Lipinski definition) is 4. The van der Waals surface area contributed by atoms with E-state index in [0.717, 1.165) is 28.8 Å². The number of likely N-dealkylation sites (tertiary alicyclic amines) is 1. The number of hydrogen-bond donors (Lipinski definition) is 1. The lowest BCUT2D eigenvalue weighted by molar-refractivity contribution is -0.121. The van der Waals surface area contributed by atoms with Crippen molar-refractivity contribution >= 4 is 5.91 Å². The number of nitrogens with zero attached hydrogens (tertiary/aromatic N) is 3. The standard InChI is InChI=1S/C27H32N4O3/c1-21-9-7-8-15-29(21)19-24-13-6-5-12-23(24)17-28-25(32)20-31-26(33)14-16-30(27(31)34)18-22-10-3-2-4-11-22/h2-6,10-14,16,21H,7-9,15,17-20H2,1H3,(H,28,32). The van der Waals surface area contributed by atoms with E-state index in [-0.39, 0.29) is 12.5 Å². The van der Waals surface area contributed by atoms with Crippen LogP contribution in [0.4, 0.5) is 0 Å². The molecule has 1 aliphatic heterocycles. The van der Waals surface area contributed by atoms with Crippen molar-refractivity contribution in [3.05, 3.63) is 104 Å². The largest absolute Gasteiger partial charge is 0.350 e. The van der Waals surface area contributed by atoms with Gasteiger partial charge >= 0.3 is 5.69 Å². The van der Waals surface area contributed by atoms with E-state index in [1.54, 1.807) is 0 Å². The summed E-state index contributed by atoms with van der Waals surface area (Å²) in [6.45, 7) is 4.61. The van der Waals surface area contributed by atoms with Crippen molar-refractivity contribution in [3.63, 3.8) is 0 Å². The zero-order valence-corrected chi connectivity index (χ0v) is 19.7. The van der Waals surface area contributed by atoms with Gasteiger partial charge in [-0.2, -0.15) is 0 Å². The second kappa shape index (κ2) is 11.1. The molecule has 4 rings (SSSR count). The molecular weight excluding hydrogens is 428 g/mol. The molecule has 0 spiro atoms. The zero-order valence-electron chi connectivity index (χ0n) is 19.7. The molecular formula is C27H32N4O3. The summed E-state index contributed by atoms with van der Waals surface area (Å²) in [6, 6.07) is 19.5. The lowest BCUT2D eigenvalue weighted by Crippen LogP contribution is -2.43. The Kier molecular flexibility index (Phi) is 7.75. The van der Waals surface area contributed by atoms with Crippen LogP contribution in [0.3, 0.4) is 0 Å². The molecule has 2 heterocycles. The zero-order chi connectivity index (χ0) is 23.9. The molecule has 0 aliphatic carbocycles. The number of amides is 1. The van der Waals surface area contributed by atoms with Crippen molar-refractivity contribution in [1.82, 2.24) is 19.4 Å². The van der Waals surface area contributed by atoms with Crippen molar-refractivity contribution in [1.29, 1.82) is 0 Å². The van der Waals surface area contributed by atoms with Crippen LogP contribution < -0.4 is 16.6 Å². The van der Waals surface area contributed by atoms with Gasteiger partial charge in [-0.3, -0.25) is 23.6 Å². The van der Waals surface area contributed by atoms with Crippen LogP contribution in [0.2, 0.25) is 0 Å². The number of nitrogens with one attached hydrogen (secondary N) is 1. The Labute approximate surface area is 199 Å². The van der Waals surface area contributed by atoms with E-state index in [1.165, 1.54) is 41.7 Å². The molecule has 1 aromatic heterocycles. The van der Waals surface area contributed by atoms with Gasteiger partial charge in [-0.15, -0.1) is 0 Å². The monoisotopic (exact) mass is 460 g/mol. The minimum absolute atomic E-state index is 0.307. The van der Waals surface area contributed by atoms with E-state index in [0.29, 0.717) is 19.1 Å². The van der Waals surface area contributed by atoms with Crippen LogP contribution in [0, 0.1) is 0 Å². The number of carbonyl (C=O) groups is 1. The molecule has 1 unspecified atom stereocenters. The molecule has 0 radical (unpaired) electrons. The predicted octanol–water partition coefficient (Wildman–Crippen LogP) is 2.75. The third-order valence-corrected chi connectivity index (χ3v) is 6.55. The van der Waals surface area contributed by atoms with Crippen LogP contribution in [0.5, 0.6) is 0 Å². The van der Waals surface area contributed by atoms with Gasteiger partial charge in [-0.25, -0.2) is 4.79 Å². The number of benzene rings is 2. The summed E-state index contributed by atoms with van der Waals surface area (Å²) in [5.74, 6) is -0.363. The highest BCUT2D eigenvalue weighted by Gasteiger charge is 2.19. The van der Waals surface area contributed by atoms with Gasteiger partial charge in [0.15, 0.2) is 0 Å². The summed E-state index contributed by atoms with van der Waals surface area (Å²) in [4.78, 5) is 40.3. The van der Waals surface area contributed by atoms with Crippen molar-refractivity contribution in [3.8, 4) is 0 Å². The maximum Gasteiger partial charge on any atom is 0.331 e. The van der Waals surface area contributed by atoms with E-state index in [1.807, 2.05) is 48.5 Å². The molecule has 1 N–H and O–H groups in total. The van der Waals surface area contributed by atoms with Gasteiger partial charge in [0.1, 0.15) is 6.54 Å². The van der Waals surface area contributed by atoms with E-state index >= 15 is 0 Å². The fourth-order valence-corrected chi connectivity index (χ4v) is 4.49. The first-order valence-corrected chi connectivity index (χ1v) is 11.9. The maximum atomic E-state index is 12.9. The summed E-state index contributed by atoms with van der Waals surface area (Å²) >= 11 is 0. The first-order chi connectivity index (χ1) is 16.5. The summed E-state index contributed by atoms with van der Waals surface area (Å²) in [5.41, 5.74) is 2.21. The average molecular weight is 461 g/mol. The summed E-state index contributed by atoms with van der Waals surface area (Å²) in [6.07, 6.45) is 5.19. The molecule has 0 saturated carbocycles. The van der Waals surface area contributed by atoms with E-state index < -0.39 is 11.2 Å². The van der Waals surface area contributed by atoms with Crippen LogP contribution in [0.25, 0.3) is 0 Å². The predicted molar refractivity (Wildman–Crippen MR) is 133 cm³/mol. The Morgan fingerprint density at radius 1 is 0.941 bits per heavy atom. The molecule has 34 heavy (non-hydrogen) atoms. The fourth-order valence-electron chi connectivity index (χ4n) is 4.49. The van der Waals surface area contributed by atoms with Gasteiger partial charge in [0.2, 0.25) is 5.91 Å². The quantitative estimate of drug-likeness (QED) is 0.561. The van der Waals surface area contributed by atoms with Gasteiger partial charge in [0.05, 0.1) is 6.54 Å². The highest BCUT2D eigenvalue weighted by Crippen LogP contribution is 2.20. The van der Waals surface area contributed by atoms with Gasteiger partial charge in [-0.05, 0) is 43.0 Å². The second-order valence-corrected chi connectivity index (χ2v) is 9.00. The van der Waals surface area contributed by atoms with E-state index in [9.17, 15) is 14.4 Å². The Hall–Kier alpha value is -3.45. The highest BCUT2D eigenvalue weighted by molar-refractivity contribution is 5.75. The first kappa shape index (κ1) is 23.7. The third kappa shape index (κ3) is 5.91. The topological polar surface area (TPSA) is 76.3 Å². The molecule has 3 aromatic rings. The number of piperidine rings is 1. The molecule has 178 valence electrons. The molecule has 2 aromatic carbocycles. The van der Waals surface area contributed by atoms with E-state index in [2.05, 4.69) is 23.2 Å². The Morgan fingerprint density at radius 3 is 2.44 bits per heavy atom. The van der Waals surface area contributed by atoms with Crippen LogP contribution in [0.15, 0.2) is 76.4 Å². The lowest BCUT2D eigenvalue weighted by Gasteiger charge is -2.33. The lowest BCUT2D eigenvalue weighted by atomic mass is 10.0. The van der Waals surface area contributed by atoms with Crippen molar-refractivity contribution in [2.24, 2.45) is 0 Å². The van der Waals surface area contributed by atoms with Gasteiger partial charge in [0.25, 0.3) is 5.56 Å². The molecule has 1 saturated heterocycles. The van der Waals surface area contributed by atoms with Gasteiger partial charge in [0, 0.05) is 31.4 Å². The second-order valence-electron chi connectivity index (χ2n) is 9.00. The molecule has 7 heteroatoms. The number of carbonyl (C=O) groups excluding carboxylic acids is 1. The van der Waals surface area contributed by atoms with Crippen LogP contribution >= 0.6 is 0 Å². The summed E-state index contributed by atoms with van der Waals surface area (Å²) in [5, 5.41) is 2.89. The number of aromatic nitrogens is 2. The molecule has 1 atom stereocenters. The highest BCUT2D eigenvalue weighted by atomic mass is 16.2. The minimum atomic E-state index is -0.494. The Balaban J connectivity index is 1.42. The van der Waals surface area contributed by atoms with Crippen LogP contribution in [0.1, 0.15) is 42.9 Å². The first-order valence-electron chi connectivity index (χ1n) is 11.9. The molecule has 1 aliphatic rings. The van der Waals surface area contributed by atoms with Crippen LogP contribution in [-0.2, 0) is 31.0 Å². The molecule has 1 amide bonds. The van der Waals surface area contributed by atoms with Gasteiger partial charge < -0.3 is 5.32 Å². The van der Waals surface area contributed by atoms with Crippen molar-refractivity contribution in [2.45, 2.75) is 58.4 Å². The minimum Gasteiger partial charge on any atom is -0.350 e. The Morgan fingerprint density at radius 2 is 1.68 bits per heavy atom. The summed E-state index contributed by atoms with van der Waals surface area (Å²) in [7, 11) is 0. The molecule has 1 fully saturated rings.